The number of thioether (sulfide) groups is 1. The van der Waals surface area contributed by atoms with Crippen molar-refractivity contribution < 1.29 is 23.8 Å². The van der Waals surface area contributed by atoms with Crippen LogP contribution in [-0.2, 0) is 4.79 Å². The van der Waals surface area contributed by atoms with Gasteiger partial charge in [0.2, 0.25) is 0 Å². The van der Waals surface area contributed by atoms with Gasteiger partial charge in [-0.25, -0.2) is 0 Å². The van der Waals surface area contributed by atoms with Crippen molar-refractivity contribution in [3.05, 3.63) is 71.1 Å². The molecule has 0 spiro atoms. The molecule has 0 aliphatic carbocycles. The van der Waals surface area contributed by atoms with Crippen LogP contribution >= 0.6 is 11.8 Å². The van der Waals surface area contributed by atoms with E-state index in [2.05, 4.69) is 0 Å². The van der Waals surface area contributed by atoms with E-state index in [1.54, 1.807) is 24.3 Å². The first-order valence-corrected chi connectivity index (χ1v) is 11.0. The Balaban J connectivity index is 1.43. The normalized spacial score (nSPS) is 14.5. The van der Waals surface area contributed by atoms with Crippen molar-refractivity contribution in [2.75, 3.05) is 26.9 Å². The fourth-order valence-corrected chi connectivity index (χ4v) is 4.28. The second-order valence-electron chi connectivity index (χ2n) is 7.02. The Morgan fingerprint density at radius 2 is 1.82 bits per heavy atom. The minimum absolute atomic E-state index is 0.102. The van der Waals surface area contributed by atoms with E-state index >= 15 is 0 Å². The fourth-order valence-electron chi connectivity index (χ4n) is 3.42. The molecule has 33 heavy (non-hydrogen) atoms. The molecule has 0 aromatic heterocycles. The van der Waals surface area contributed by atoms with E-state index in [1.807, 2.05) is 48.5 Å². The van der Waals surface area contributed by atoms with Crippen LogP contribution in [0, 0.1) is 11.3 Å². The van der Waals surface area contributed by atoms with E-state index in [9.17, 15) is 9.59 Å². The highest BCUT2D eigenvalue weighted by Crippen LogP contribution is 2.34. The van der Waals surface area contributed by atoms with Crippen molar-refractivity contribution in [3.63, 3.8) is 0 Å². The SMILES string of the molecule is COc1cc(/C=C2\SC(=O)N(CCOc3cccc4ccccc34)C2=O)ccc1OCC#N. The number of benzene rings is 3. The lowest BCUT2D eigenvalue weighted by Gasteiger charge is -2.14. The van der Waals surface area contributed by atoms with Gasteiger partial charge in [0.1, 0.15) is 18.4 Å². The molecule has 3 aromatic rings. The molecule has 0 radical (unpaired) electrons. The Bertz CT molecular complexity index is 1280. The molecule has 7 nitrogen and oxygen atoms in total. The van der Waals surface area contributed by atoms with Crippen LogP contribution in [0.25, 0.3) is 16.8 Å². The molecule has 2 amide bonds. The van der Waals surface area contributed by atoms with Crippen molar-refractivity contribution in [2.45, 2.75) is 0 Å². The first-order chi connectivity index (χ1) is 16.1. The third-order valence-electron chi connectivity index (χ3n) is 4.97. The summed E-state index contributed by atoms with van der Waals surface area (Å²) in [6.45, 7) is 0.239. The summed E-state index contributed by atoms with van der Waals surface area (Å²) in [4.78, 5) is 26.7. The second-order valence-corrected chi connectivity index (χ2v) is 8.01. The van der Waals surface area contributed by atoms with E-state index in [4.69, 9.17) is 19.5 Å². The third-order valence-corrected chi connectivity index (χ3v) is 5.88. The quantitative estimate of drug-likeness (QED) is 0.443. The van der Waals surface area contributed by atoms with Gasteiger partial charge < -0.3 is 14.2 Å². The Morgan fingerprint density at radius 1 is 1.00 bits per heavy atom. The minimum atomic E-state index is -0.365. The van der Waals surface area contributed by atoms with Gasteiger partial charge in [-0.1, -0.05) is 42.5 Å². The summed E-state index contributed by atoms with van der Waals surface area (Å²) < 4.78 is 16.5. The van der Waals surface area contributed by atoms with Crippen LogP contribution in [0.2, 0.25) is 0 Å². The molecule has 0 bridgehead atoms. The Kier molecular flexibility index (Phi) is 6.81. The largest absolute Gasteiger partial charge is 0.493 e. The molecule has 0 atom stereocenters. The van der Waals surface area contributed by atoms with Crippen molar-refractivity contribution in [2.24, 2.45) is 0 Å². The number of carbonyl (C=O) groups is 2. The minimum Gasteiger partial charge on any atom is -0.493 e. The predicted molar refractivity (Wildman–Crippen MR) is 126 cm³/mol. The third kappa shape index (κ3) is 4.94. The van der Waals surface area contributed by atoms with Gasteiger partial charge in [0.05, 0.1) is 18.6 Å². The van der Waals surface area contributed by atoms with Crippen LogP contribution in [0.1, 0.15) is 5.56 Å². The van der Waals surface area contributed by atoms with Crippen molar-refractivity contribution >= 4 is 39.8 Å². The van der Waals surface area contributed by atoms with Gasteiger partial charge in [-0.3, -0.25) is 14.5 Å². The lowest BCUT2D eigenvalue weighted by molar-refractivity contribution is -0.123. The maximum absolute atomic E-state index is 12.8. The van der Waals surface area contributed by atoms with Crippen LogP contribution in [-0.4, -0.2) is 42.9 Å². The van der Waals surface area contributed by atoms with E-state index in [1.165, 1.54) is 12.0 Å². The molecule has 0 saturated carbocycles. The lowest BCUT2D eigenvalue weighted by atomic mass is 10.1. The average Bonchev–Trinajstić information content (AvgIpc) is 3.10. The zero-order valence-electron chi connectivity index (χ0n) is 17.8. The number of imide groups is 1. The first kappa shape index (κ1) is 22.2. The van der Waals surface area contributed by atoms with Crippen LogP contribution in [0.3, 0.4) is 0 Å². The zero-order valence-corrected chi connectivity index (χ0v) is 18.6. The topological polar surface area (TPSA) is 88.9 Å². The van der Waals surface area contributed by atoms with Crippen LogP contribution in [0.4, 0.5) is 4.79 Å². The Labute approximate surface area is 195 Å². The predicted octanol–water partition coefficient (Wildman–Crippen LogP) is 4.87. The van der Waals surface area contributed by atoms with Crippen LogP contribution in [0.15, 0.2) is 65.6 Å². The summed E-state index contributed by atoms with van der Waals surface area (Å²) >= 11 is 0.885. The lowest BCUT2D eigenvalue weighted by Crippen LogP contribution is -2.32. The fraction of sp³-hybridized carbons (Fsp3) is 0.160. The number of nitriles is 1. The summed E-state index contributed by atoms with van der Waals surface area (Å²) in [5, 5.41) is 10.4. The molecule has 0 N–H and O–H groups in total. The van der Waals surface area contributed by atoms with Gasteiger partial charge >= 0.3 is 0 Å². The van der Waals surface area contributed by atoms with Gasteiger partial charge in [0, 0.05) is 5.39 Å². The molecule has 1 fully saturated rings. The molecule has 1 aliphatic heterocycles. The Morgan fingerprint density at radius 3 is 2.64 bits per heavy atom. The van der Waals surface area contributed by atoms with E-state index in [-0.39, 0.29) is 30.9 Å². The summed E-state index contributed by atoms with van der Waals surface area (Å²) in [6, 6.07) is 20.6. The number of hydrogen-bond acceptors (Lipinski definition) is 7. The maximum atomic E-state index is 12.8. The maximum Gasteiger partial charge on any atom is 0.293 e. The second kappa shape index (κ2) is 10.1. The van der Waals surface area contributed by atoms with E-state index < -0.39 is 0 Å². The smallest absolute Gasteiger partial charge is 0.293 e. The number of carbonyl (C=O) groups excluding carboxylic acids is 2. The molecule has 3 aromatic carbocycles. The van der Waals surface area contributed by atoms with Crippen molar-refractivity contribution in [1.29, 1.82) is 5.26 Å². The van der Waals surface area contributed by atoms with Gasteiger partial charge in [0.25, 0.3) is 11.1 Å². The summed E-state index contributed by atoms with van der Waals surface area (Å²) in [6.07, 6.45) is 1.63. The monoisotopic (exact) mass is 460 g/mol. The molecule has 1 aliphatic rings. The molecule has 8 heteroatoms. The first-order valence-electron chi connectivity index (χ1n) is 10.1. The number of rotatable bonds is 8. The van der Waals surface area contributed by atoms with Gasteiger partial charge in [-0.05, 0) is 47.0 Å². The summed E-state index contributed by atoms with van der Waals surface area (Å²) in [7, 11) is 1.49. The van der Waals surface area contributed by atoms with E-state index in [0.717, 1.165) is 22.5 Å². The number of ether oxygens (including phenoxy) is 3. The van der Waals surface area contributed by atoms with Crippen molar-refractivity contribution in [3.8, 4) is 23.3 Å². The Hall–Kier alpha value is -3.96. The molecular weight excluding hydrogens is 440 g/mol. The zero-order chi connectivity index (χ0) is 23.2. The van der Waals surface area contributed by atoms with Crippen LogP contribution < -0.4 is 14.2 Å². The molecule has 166 valence electrons. The van der Waals surface area contributed by atoms with Crippen molar-refractivity contribution in [1.82, 2.24) is 4.90 Å². The standard InChI is InChI=1S/C25H20N2O5S/c1-30-22-15-17(9-10-21(22)31-13-11-26)16-23-24(28)27(25(29)33-23)12-14-32-20-8-4-6-18-5-2-3-7-19(18)20/h2-10,15-16H,12-14H2,1H3/b23-16-. The van der Waals surface area contributed by atoms with Gasteiger partial charge in [0.15, 0.2) is 18.1 Å². The summed E-state index contributed by atoms with van der Waals surface area (Å²) in [5.41, 5.74) is 0.675. The number of methoxy groups -OCH3 is 1. The summed E-state index contributed by atoms with van der Waals surface area (Å²) in [5.74, 6) is 1.20. The average molecular weight is 461 g/mol. The molecule has 1 heterocycles. The van der Waals surface area contributed by atoms with E-state index in [0.29, 0.717) is 27.7 Å². The molecule has 0 unspecified atom stereocenters. The number of nitrogens with zero attached hydrogens (tertiary/aromatic N) is 2. The number of amides is 2. The van der Waals surface area contributed by atoms with Gasteiger partial charge in [-0.2, -0.15) is 5.26 Å². The number of hydrogen-bond donors (Lipinski definition) is 0. The highest BCUT2D eigenvalue weighted by atomic mass is 32.2. The highest BCUT2D eigenvalue weighted by molar-refractivity contribution is 8.18. The number of fused-ring (bicyclic) bond motifs is 1. The van der Waals surface area contributed by atoms with Crippen LogP contribution in [0.5, 0.6) is 17.2 Å². The van der Waals surface area contributed by atoms with Gasteiger partial charge in [-0.15, -0.1) is 0 Å². The molecule has 4 rings (SSSR count). The molecule has 1 saturated heterocycles. The molecular formula is C25H20N2O5S. The highest BCUT2D eigenvalue weighted by Gasteiger charge is 2.34.